The fourth-order valence-electron chi connectivity index (χ4n) is 1.94. The Hall–Kier alpha value is -0.300. The van der Waals surface area contributed by atoms with Gasteiger partial charge in [0, 0.05) is 6.04 Å². The summed E-state index contributed by atoms with van der Waals surface area (Å²) in [7, 11) is 0. The Labute approximate surface area is 103 Å². The monoisotopic (exact) mass is 225 g/mol. The smallest absolute Gasteiger partial charge is 0.0116 e. The zero-order valence-corrected chi connectivity index (χ0v) is 12.0. The van der Waals surface area contributed by atoms with Gasteiger partial charge in [-0.3, -0.25) is 0 Å². The first kappa shape index (κ1) is 15.7. The summed E-state index contributed by atoms with van der Waals surface area (Å²) in [5.74, 6) is 0. The highest BCUT2D eigenvalue weighted by Gasteiger charge is 2.22. The van der Waals surface area contributed by atoms with Gasteiger partial charge in [0.05, 0.1) is 0 Å². The average molecular weight is 225 g/mol. The van der Waals surface area contributed by atoms with Crippen molar-refractivity contribution in [2.45, 2.75) is 72.8 Å². The second kappa shape index (κ2) is 7.89. The van der Waals surface area contributed by atoms with E-state index in [0.717, 1.165) is 6.54 Å². The number of allylic oxidation sites excluding steroid dienone is 1. The van der Waals surface area contributed by atoms with Crippen LogP contribution in [0.2, 0.25) is 0 Å². The van der Waals surface area contributed by atoms with Crippen LogP contribution in [0.25, 0.3) is 0 Å². The first-order chi connectivity index (χ1) is 7.38. The van der Waals surface area contributed by atoms with Crippen molar-refractivity contribution in [3.05, 3.63) is 12.2 Å². The normalized spacial score (nSPS) is 13.8. The van der Waals surface area contributed by atoms with Crippen molar-refractivity contribution in [3.63, 3.8) is 0 Å². The Morgan fingerprint density at radius 3 is 2.31 bits per heavy atom. The van der Waals surface area contributed by atoms with E-state index in [1.54, 1.807) is 0 Å². The van der Waals surface area contributed by atoms with Crippen LogP contribution in [0.15, 0.2) is 12.2 Å². The third-order valence-corrected chi connectivity index (χ3v) is 3.03. The summed E-state index contributed by atoms with van der Waals surface area (Å²) in [6, 6.07) is 0.651. The molecule has 0 aromatic heterocycles. The van der Waals surface area contributed by atoms with Crippen LogP contribution < -0.4 is 5.32 Å². The average Bonchev–Trinajstić information content (AvgIpc) is 2.14. The molecule has 0 aromatic carbocycles. The minimum absolute atomic E-state index is 0.373. The van der Waals surface area contributed by atoms with Crippen molar-refractivity contribution in [3.8, 4) is 0 Å². The minimum Gasteiger partial charge on any atom is -0.313 e. The van der Waals surface area contributed by atoms with Crippen molar-refractivity contribution in [2.75, 3.05) is 6.54 Å². The molecule has 96 valence electrons. The van der Waals surface area contributed by atoms with E-state index in [9.17, 15) is 0 Å². The largest absolute Gasteiger partial charge is 0.313 e. The SMILES string of the molecule is C=C(C)CCCCC(NCCC)C(C)(C)C. The van der Waals surface area contributed by atoms with Gasteiger partial charge in [0.1, 0.15) is 0 Å². The lowest BCUT2D eigenvalue weighted by Crippen LogP contribution is -2.40. The fourth-order valence-corrected chi connectivity index (χ4v) is 1.94. The molecule has 1 atom stereocenters. The Morgan fingerprint density at radius 2 is 1.88 bits per heavy atom. The highest BCUT2D eigenvalue weighted by Crippen LogP contribution is 2.24. The number of hydrogen-bond acceptors (Lipinski definition) is 1. The van der Waals surface area contributed by atoms with Gasteiger partial charge in [-0.1, -0.05) is 39.7 Å². The van der Waals surface area contributed by atoms with Gasteiger partial charge in [-0.2, -0.15) is 0 Å². The van der Waals surface area contributed by atoms with E-state index < -0.39 is 0 Å². The van der Waals surface area contributed by atoms with E-state index in [0.29, 0.717) is 11.5 Å². The Balaban J connectivity index is 3.88. The molecule has 0 fully saturated rings. The summed E-state index contributed by atoms with van der Waals surface area (Å²) < 4.78 is 0. The molecule has 0 heterocycles. The number of hydrogen-bond donors (Lipinski definition) is 1. The van der Waals surface area contributed by atoms with Crippen LogP contribution in [0, 0.1) is 5.41 Å². The van der Waals surface area contributed by atoms with Crippen LogP contribution in [0.4, 0.5) is 0 Å². The molecule has 0 bridgehead atoms. The van der Waals surface area contributed by atoms with E-state index in [1.165, 1.54) is 37.7 Å². The maximum absolute atomic E-state index is 3.95. The topological polar surface area (TPSA) is 12.0 Å². The molecule has 1 heteroatoms. The van der Waals surface area contributed by atoms with Crippen LogP contribution in [0.5, 0.6) is 0 Å². The zero-order valence-electron chi connectivity index (χ0n) is 12.0. The third-order valence-electron chi connectivity index (χ3n) is 3.03. The van der Waals surface area contributed by atoms with Gasteiger partial charge in [0.15, 0.2) is 0 Å². The molecule has 0 aliphatic heterocycles. The summed E-state index contributed by atoms with van der Waals surface area (Å²) >= 11 is 0. The molecule has 0 amide bonds. The zero-order chi connectivity index (χ0) is 12.6. The maximum Gasteiger partial charge on any atom is 0.0116 e. The van der Waals surface area contributed by atoms with Crippen LogP contribution in [-0.2, 0) is 0 Å². The van der Waals surface area contributed by atoms with Gasteiger partial charge in [-0.05, 0) is 44.6 Å². The summed E-state index contributed by atoms with van der Waals surface area (Å²) in [5.41, 5.74) is 1.69. The van der Waals surface area contributed by atoms with E-state index in [1.807, 2.05) is 0 Å². The molecule has 0 aliphatic rings. The molecular formula is C15H31N. The lowest BCUT2D eigenvalue weighted by Gasteiger charge is -2.32. The van der Waals surface area contributed by atoms with Crippen LogP contribution in [0.3, 0.4) is 0 Å². The predicted octanol–water partition coefficient (Wildman–Crippen LogP) is 4.54. The summed E-state index contributed by atoms with van der Waals surface area (Å²) in [6.07, 6.45) is 6.29. The van der Waals surface area contributed by atoms with Crippen molar-refractivity contribution in [1.82, 2.24) is 5.32 Å². The lowest BCUT2D eigenvalue weighted by atomic mass is 9.83. The number of rotatable bonds is 8. The molecular weight excluding hydrogens is 194 g/mol. The lowest BCUT2D eigenvalue weighted by molar-refractivity contribution is 0.250. The molecule has 16 heavy (non-hydrogen) atoms. The van der Waals surface area contributed by atoms with Crippen molar-refractivity contribution in [2.24, 2.45) is 5.41 Å². The van der Waals surface area contributed by atoms with Crippen molar-refractivity contribution < 1.29 is 0 Å². The van der Waals surface area contributed by atoms with E-state index in [-0.39, 0.29) is 0 Å². The summed E-state index contributed by atoms with van der Waals surface area (Å²) in [5, 5.41) is 3.68. The molecule has 0 aliphatic carbocycles. The Morgan fingerprint density at radius 1 is 1.25 bits per heavy atom. The van der Waals surface area contributed by atoms with Gasteiger partial charge >= 0.3 is 0 Å². The molecule has 0 spiro atoms. The molecule has 0 rings (SSSR count). The van der Waals surface area contributed by atoms with E-state index in [4.69, 9.17) is 0 Å². The standard InChI is InChI=1S/C15H31N/c1-7-12-16-14(15(4,5)6)11-9-8-10-13(2)3/h14,16H,2,7-12H2,1,3-6H3. The molecule has 0 aromatic rings. The van der Waals surface area contributed by atoms with Gasteiger partial charge < -0.3 is 5.32 Å². The number of nitrogens with one attached hydrogen (secondary N) is 1. The van der Waals surface area contributed by atoms with Crippen LogP contribution in [0.1, 0.15) is 66.7 Å². The van der Waals surface area contributed by atoms with Gasteiger partial charge in [0.25, 0.3) is 0 Å². The van der Waals surface area contributed by atoms with Crippen molar-refractivity contribution >= 4 is 0 Å². The predicted molar refractivity (Wildman–Crippen MR) is 74.8 cm³/mol. The van der Waals surface area contributed by atoms with Crippen LogP contribution in [-0.4, -0.2) is 12.6 Å². The second-order valence-electron chi connectivity index (χ2n) is 6.08. The first-order valence-electron chi connectivity index (χ1n) is 6.75. The fraction of sp³-hybridized carbons (Fsp3) is 0.867. The Kier molecular flexibility index (Phi) is 7.74. The molecule has 1 N–H and O–H groups in total. The van der Waals surface area contributed by atoms with Crippen LogP contribution >= 0.6 is 0 Å². The van der Waals surface area contributed by atoms with Gasteiger partial charge in [-0.25, -0.2) is 0 Å². The second-order valence-corrected chi connectivity index (χ2v) is 6.08. The van der Waals surface area contributed by atoms with E-state index in [2.05, 4.69) is 46.5 Å². The first-order valence-corrected chi connectivity index (χ1v) is 6.75. The summed E-state index contributed by atoms with van der Waals surface area (Å²) in [6.45, 7) is 16.4. The van der Waals surface area contributed by atoms with E-state index >= 15 is 0 Å². The molecule has 0 radical (unpaired) electrons. The third kappa shape index (κ3) is 7.92. The molecule has 1 unspecified atom stereocenters. The minimum atomic E-state index is 0.373. The molecule has 0 saturated carbocycles. The quantitative estimate of drug-likeness (QED) is 0.472. The molecule has 0 saturated heterocycles. The van der Waals surface area contributed by atoms with Gasteiger partial charge in [-0.15, -0.1) is 6.58 Å². The molecule has 1 nitrogen and oxygen atoms in total. The van der Waals surface area contributed by atoms with Crippen molar-refractivity contribution in [1.29, 1.82) is 0 Å². The number of unbranched alkanes of at least 4 members (excludes halogenated alkanes) is 1. The summed E-state index contributed by atoms with van der Waals surface area (Å²) in [4.78, 5) is 0. The highest BCUT2D eigenvalue weighted by molar-refractivity contribution is 4.87. The van der Waals surface area contributed by atoms with Gasteiger partial charge in [0.2, 0.25) is 0 Å². The Bertz CT molecular complexity index is 188. The highest BCUT2D eigenvalue weighted by atomic mass is 14.9. The maximum atomic E-state index is 3.95.